The molecule has 268 valence electrons. The second kappa shape index (κ2) is 14.4. The lowest BCUT2D eigenvalue weighted by Gasteiger charge is -2.45. The van der Waals surface area contributed by atoms with E-state index in [-0.39, 0.29) is 47.4 Å². The number of carbonyl (C=O) groups excluding carboxylic acids is 2. The maximum absolute atomic E-state index is 14.2. The van der Waals surface area contributed by atoms with Gasteiger partial charge in [-0.15, -0.1) is 11.3 Å². The van der Waals surface area contributed by atoms with Crippen molar-refractivity contribution in [1.29, 1.82) is 0 Å². The van der Waals surface area contributed by atoms with Crippen molar-refractivity contribution in [3.63, 3.8) is 0 Å². The molecular formula is C38H46N8O3S2. The van der Waals surface area contributed by atoms with Crippen LogP contribution in [-0.4, -0.2) is 109 Å². The van der Waals surface area contributed by atoms with Crippen LogP contribution in [0.3, 0.4) is 0 Å². The van der Waals surface area contributed by atoms with Crippen molar-refractivity contribution in [3.05, 3.63) is 88.4 Å². The Kier molecular flexibility index (Phi) is 9.75. The first-order valence-corrected chi connectivity index (χ1v) is 19.9. The molecule has 0 aliphatic carbocycles. The smallest absolute Gasteiger partial charge is 0.229 e. The van der Waals surface area contributed by atoms with E-state index in [1.165, 1.54) is 10.4 Å². The number of aryl methyl sites for hydroxylation is 2. The van der Waals surface area contributed by atoms with Crippen molar-refractivity contribution < 1.29 is 14.7 Å². The molecule has 0 spiro atoms. The normalized spacial score (nSPS) is 26.7. The number of aliphatic hydroxyl groups is 1. The number of β-amino-alcohol motifs (C(OH)–C–C–N with tert-alkyl or cyclic N) is 1. The molecule has 1 aromatic carbocycles. The molecule has 0 radical (unpaired) electrons. The third-order valence-corrected chi connectivity index (χ3v) is 13.9. The summed E-state index contributed by atoms with van der Waals surface area (Å²) >= 11 is 3.51. The van der Waals surface area contributed by atoms with Crippen molar-refractivity contribution in [2.45, 2.75) is 62.5 Å². The van der Waals surface area contributed by atoms with Crippen LogP contribution in [0.2, 0.25) is 0 Å². The summed E-state index contributed by atoms with van der Waals surface area (Å²) in [5.74, 6) is 0.868. The van der Waals surface area contributed by atoms with Crippen LogP contribution in [0.15, 0.2) is 61.1 Å². The number of likely N-dealkylation sites (tertiary alicyclic amines) is 2. The number of aromatic nitrogens is 4. The number of nitrogens with zero attached hydrogens (tertiary/aromatic N) is 6. The van der Waals surface area contributed by atoms with Crippen LogP contribution in [0.5, 0.6) is 0 Å². The SMILES string of the molecule is Cc1ccc(-c2ncc(CN3CC[C@@H](C(=O)N4CCC(O)(CN5CNC6C(CSC6c6c[nH]nc6C)C5=O)CC4)[C@H](c4ccccc4)C3)s2)cn1. The van der Waals surface area contributed by atoms with Gasteiger partial charge in [-0.1, -0.05) is 30.3 Å². The number of fused-ring (bicyclic) bond motifs is 1. The number of hydrogen-bond acceptors (Lipinski definition) is 10. The Labute approximate surface area is 307 Å². The van der Waals surface area contributed by atoms with E-state index in [1.54, 1.807) is 28.0 Å². The summed E-state index contributed by atoms with van der Waals surface area (Å²) in [6, 6.07) is 14.6. The maximum Gasteiger partial charge on any atom is 0.229 e. The average Bonchev–Trinajstić information content (AvgIpc) is 3.90. The minimum absolute atomic E-state index is 0.0591. The van der Waals surface area contributed by atoms with Gasteiger partial charge in [0, 0.05) is 95.3 Å². The molecule has 11 nitrogen and oxygen atoms in total. The van der Waals surface area contributed by atoms with E-state index in [1.807, 2.05) is 49.5 Å². The van der Waals surface area contributed by atoms with Crippen LogP contribution >= 0.6 is 23.1 Å². The number of benzene rings is 1. The molecule has 13 heteroatoms. The monoisotopic (exact) mass is 726 g/mol. The molecule has 4 aliphatic heterocycles. The largest absolute Gasteiger partial charge is 0.388 e. The van der Waals surface area contributed by atoms with Gasteiger partial charge in [-0.25, -0.2) is 4.98 Å². The lowest BCUT2D eigenvalue weighted by Crippen LogP contribution is -2.61. The second-order valence-corrected chi connectivity index (χ2v) is 17.0. The number of nitrogens with one attached hydrogen (secondary N) is 2. The van der Waals surface area contributed by atoms with Crippen molar-refractivity contribution in [1.82, 2.24) is 40.2 Å². The van der Waals surface area contributed by atoms with Crippen LogP contribution in [0, 0.1) is 25.7 Å². The van der Waals surface area contributed by atoms with E-state index in [0.29, 0.717) is 32.6 Å². The predicted octanol–water partition coefficient (Wildman–Crippen LogP) is 4.37. The van der Waals surface area contributed by atoms with Gasteiger partial charge >= 0.3 is 0 Å². The summed E-state index contributed by atoms with van der Waals surface area (Å²) in [4.78, 5) is 44.4. The fraction of sp³-hybridized carbons (Fsp3) is 0.500. The van der Waals surface area contributed by atoms with Gasteiger partial charge in [-0.3, -0.25) is 29.9 Å². The molecule has 4 saturated heterocycles. The second-order valence-electron chi connectivity index (χ2n) is 14.7. The Bertz CT molecular complexity index is 1840. The number of amides is 2. The summed E-state index contributed by atoms with van der Waals surface area (Å²) in [5.41, 5.74) is 4.33. The third-order valence-electron chi connectivity index (χ3n) is 11.4. The first kappa shape index (κ1) is 34.5. The quantitative estimate of drug-likeness (QED) is 0.243. The van der Waals surface area contributed by atoms with Gasteiger partial charge in [-0.2, -0.15) is 16.9 Å². The highest BCUT2D eigenvalue weighted by Crippen LogP contribution is 2.46. The predicted molar refractivity (Wildman–Crippen MR) is 199 cm³/mol. The minimum atomic E-state index is -1.02. The zero-order chi connectivity index (χ0) is 35.1. The molecule has 7 heterocycles. The Balaban J connectivity index is 0.883. The number of thiazole rings is 1. The third kappa shape index (κ3) is 7.11. The molecule has 4 aromatic rings. The Morgan fingerprint density at radius 1 is 1.04 bits per heavy atom. The number of thioether (sulfide) groups is 1. The van der Waals surface area contributed by atoms with Gasteiger partial charge in [0.25, 0.3) is 0 Å². The Morgan fingerprint density at radius 2 is 1.86 bits per heavy atom. The number of piperidine rings is 2. The number of pyridine rings is 1. The summed E-state index contributed by atoms with van der Waals surface area (Å²) < 4.78 is 0. The molecular weight excluding hydrogens is 681 g/mol. The first-order valence-electron chi connectivity index (χ1n) is 18.0. The molecule has 3 aromatic heterocycles. The van der Waals surface area contributed by atoms with Crippen LogP contribution in [0.4, 0.5) is 0 Å². The van der Waals surface area contributed by atoms with Crippen molar-refractivity contribution in [2.75, 3.05) is 45.1 Å². The zero-order valence-corrected chi connectivity index (χ0v) is 30.8. The number of rotatable bonds is 8. The van der Waals surface area contributed by atoms with E-state index in [2.05, 4.69) is 60.7 Å². The van der Waals surface area contributed by atoms with Crippen LogP contribution in [0.1, 0.15) is 57.8 Å². The lowest BCUT2D eigenvalue weighted by atomic mass is 9.79. The summed E-state index contributed by atoms with van der Waals surface area (Å²) in [6.45, 7) is 8.11. The highest BCUT2D eigenvalue weighted by molar-refractivity contribution is 7.99. The number of carbonyl (C=O) groups is 2. The standard InChI is InChI=1S/C38H46N8O3S2/c1-24-8-9-27(16-39-24)35-40-17-28(51-35)19-44-13-10-29(31(20-44)26-6-4-3-5-7-26)36(47)45-14-11-38(49,12-15-45)22-46-23-41-33-32(37(46)48)21-50-34(33)30-18-42-43-25(30)2/h3-9,16-18,29,31-34,41,49H,10-15,19-23H2,1-2H3,(H,42,43)/t29-,31+,32?,33?,34?/m1/s1. The molecule has 51 heavy (non-hydrogen) atoms. The molecule has 5 atom stereocenters. The molecule has 3 unspecified atom stereocenters. The van der Waals surface area contributed by atoms with E-state index in [0.717, 1.165) is 59.3 Å². The molecule has 4 fully saturated rings. The summed E-state index contributed by atoms with van der Waals surface area (Å²) in [5, 5.41) is 23.7. The number of aromatic amines is 1. The van der Waals surface area contributed by atoms with Crippen molar-refractivity contribution in [3.8, 4) is 10.6 Å². The number of hydrogen-bond donors (Lipinski definition) is 3. The van der Waals surface area contributed by atoms with E-state index >= 15 is 0 Å². The molecule has 2 amide bonds. The van der Waals surface area contributed by atoms with E-state index in [9.17, 15) is 14.7 Å². The Hall–Kier alpha value is -3.62. The highest BCUT2D eigenvalue weighted by Gasteiger charge is 2.49. The van der Waals surface area contributed by atoms with Gasteiger partial charge in [0.2, 0.25) is 11.8 Å². The zero-order valence-electron chi connectivity index (χ0n) is 29.2. The van der Waals surface area contributed by atoms with Gasteiger partial charge in [0.1, 0.15) is 5.01 Å². The van der Waals surface area contributed by atoms with Crippen LogP contribution in [0.25, 0.3) is 10.6 Å². The van der Waals surface area contributed by atoms with Gasteiger partial charge in [0.05, 0.1) is 30.4 Å². The fourth-order valence-electron chi connectivity index (χ4n) is 8.42. The fourth-order valence-corrected chi connectivity index (χ4v) is 11.0. The van der Waals surface area contributed by atoms with E-state index in [4.69, 9.17) is 0 Å². The van der Waals surface area contributed by atoms with E-state index < -0.39 is 5.60 Å². The van der Waals surface area contributed by atoms with Gasteiger partial charge < -0.3 is 14.9 Å². The molecule has 0 saturated carbocycles. The van der Waals surface area contributed by atoms with Crippen molar-refractivity contribution in [2.24, 2.45) is 11.8 Å². The van der Waals surface area contributed by atoms with Crippen LogP contribution < -0.4 is 5.32 Å². The lowest BCUT2D eigenvalue weighted by molar-refractivity contribution is -0.149. The maximum atomic E-state index is 14.2. The minimum Gasteiger partial charge on any atom is -0.388 e. The Morgan fingerprint density at radius 3 is 2.61 bits per heavy atom. The molecule has 4 aliphatic rings. The van der Waals surface area contributed by atoms with Gasteiger partial charge in [-0.05, 0) is 57.4 Å². The number of H-pyrrole nitrogens is 1. The first-order chi connectivity index (χ1) is 24.7. The molecule has 8 rings (SSSR count). The van der Waals surface area contributed by atoms with Crippen molar-refractivity contribution >= 4 is 34.9 Å². The molecule has 3 N–H and O–H groups in total. The summed E-state index contributed by atoms with van der Waals surface area (Å²) in [7, 11) is 0. The molecule has 0 bridgehead atoms. The van der Waals surface area contributed by atoms with Gasteiger partial charge in [0.15, 0.2) is 0 Å². The van der Waals surface area contributed by atoms with Crippen LogP contribution in [-0.2, 0) is 16.1 Å². The average molecular weight is 727 g/mol. The topological polar surface area (TPSA) is 131 Å². The summed E-state index contributed by atoms with van der Waals surface area (Å²) in [6.07, 6.45) is 7.50. The highest BCUT2D eigenvalue weighted by atomic mass is 32.2.